The third-order valence-corrected chi connectivity index (χ3v) is 1.04. The number of pyridine rings is 1. The second kappa shape index (κ2) is 6.28. The molecule has 0 spiro atoms. The van der Waals surface area contributed by atoms with E-state index in [1.165, 1.54) is 0 Å². The third kappa shape index (κ3) is 5.40. The molecule has 0 aliphatic heterocycles. The Morgan fingerprint density at radius 2 is 1.71 bits per heavy atom. The Balaban J connectivity index is 0.000000364. The number of carbonyl (C=O) groups is 1. The fraction of sp³-hybridized carbons (Fsp3) is 0.0909. The van der Waals surface area contributed by atoms with E-state index in [0.717, 1.165) is 6.92 Å². The summed E-state index contributed by atoms with van der Waals surface area (Å²) in [6.07, 6.45) is 10.2. The molecule has 0 saturated heterocycles. The lowest BCUT2D eigenvalue weighted by molar-refractivity contribution is -0.134. The van der Waals surface area contributed by atoms with E-state index in [1.54, 1.807) is 18.2 Å². The van der Waals surface area contributed by atoms with Gasteiger partial charge in [0.05, 0.1) is 0 Å². The summed E-state index contributed by atoms with van der Waals surface area (Å²) in [6.45, 7) is 1.08. The van der Waals surface area contributed by atoms with Gasteiger partial charge in [0.25, 0.3) is 5.97 Å². The fourth-order valence-corrected chi connectivity index (χ4v) is 0.595. The molecular weight excluding hydrogens is 178 g/mol. The molecule has 1 aromatic rings. The number of carboxylic acid groups (broad SMARTS) is 1. The van der Waals surface area contributed by atoms with E-state index < -0.39 is 5.97 Å². The van der Waals surface area contributed by atoms with Crippen molar-refractivity contribution in [3.05, 3.63) is 29.6 Å². The van der Waals surface area contributed by atoms with Crippen molar-refractivity contribution < 1.29 is 9.90 Å². The zero-order valence-electron chi connectivity index (χ0n) is 7.69. The fourth-order valence-electron chi connectivity index (χ4n) is 0.595. The first kappa shape index (κ1) is 11.7. The van der Waals surface area contributed by atoms with Crippen molar-refractivity contribution in [2.75, 3.05) is 0 Å². The molecule has 1 heterocycles. The van der Waals surface area contributed by atoms with Gasteiger partial charge >= 0.3 is 0 Å². The molecule has 1 aromatic heterocycles. The molecule has 0 radical (unpaired) electrons. The molecule has 3 heteroatoms. The smallest absolute Gasteiger partial charge is 0.300 e. The molecule has 0 atom stereocenters. The maximum absolute atomic E-state index is 9.00. The lowest BCUT2D eigenvalue weighted by Crippen LogP contribution is -1.84. The number of aromatic nitrogens is 1. The highest BCUT2D eigenvalue weighted by molar-refractivity contribution is 5.62. The van der Waals surface area contributed by atoms with Crippen LogP contribution in [0.15, 0.2) is 18.2 Å². The van der Waals surface area contributed by atoms with Crippen molar-refractivity contribution in [1.82, 2.24) is 4.98 Å². The summed E-state index contributed by atoms with van der Waals surface area (Å²) in [5.74, 6) is 3.96. The lowest BCUT2D eigenvalue weighted by Gasteiger charge is -1.89. The first-order valence-electron chi connectivity index (χ1n) is 3.70. The Hall–Kier alpha value is -2.26. The molecule has 0 aliphatic rings. The van der Waals surface area contributed by atoms with Gasteiger partial charge in [-0.2, -0.15) is 0 Å². The molecule has 0 saturated carbocycles. The number of rotatable bonds is 0. The number of nitrogens with zero attached hydrogens (tertiary/aromatic N) is 1. The minimum Gasteiger partial charge on any atom is -0.481 e. The molecule has 0 fully saturated rings. The summed E-state index contributed by atoms with van der Waals surface area (Å²) < 4.78 is 0. The quantitative estimate of drug-likeness (QED) is 0.619. The molecule has 0 unspecified atom stereocenters. The topological polar surface area (TPSA) is 50.2 Å². The van der Waals surface area contributed by atoms with Crippen LogP contribution < -0.4 is 0 Å². The van der Waals surface area contributed by atoms with Gasteiger partial charge in [0.15, 0.2) is 0 Å². The minimum atomic E-state index is -0.833. The van der Waals surface area contributed by atoms with Crippen molar-refractivity contribution in [2.45, 2.75) is 6.92 Å². The van der Waals surface area contributed by atoms with Crippen LogP contribution in [0.5, 0.6) is 0 Å². The second-order valence-corrected chi connectivity index (χ2v) is 2.22. The molecule has 0 aromatic carbocycles. The summed E-state index contributed by atoms with van der Waals surface area (Å²) in [5, 5.41) is 7.42. The van der Waals surface area contributed by atoms with E-state index in [4.69, 9.17) is 22.7 Å². The number of terminal acetylenes is 2. The van der Waals surface area contributed by atoms with Crippen LogP contribution in [-0.4, -0.2) is 16.1 Å². The maximum Gasteiger partial charge on any atom is 0.300 e. The number of carboxylic acids is 1. The average molecular weight is 187 g/mol. The molecule has 1 rings (SSSR count). The van der Waals surface area contributed by atoms with Crippen LogP contribution in [0, 0.1) is 24.7 Å². The van der Waals surface area contributed by atoms with Gasteiger partial charge in [-0.25, -0.2) is 4.98 Å². The van der Waals surface area contributed by atoms with Crippen LogP contribution >= 0.6 is 0 Å². The van der Waals surface area contributed by atoms with E-state index >= 15 is 0 Å². The van der Waals surface area contributed by atoms with E-state index in [-0.39, 0.29) is 0 Å². The van der Waals surface area contributed by atoms with Crippen molar-refractivity contribution in [2.24, 2.45) is 0 Å². The highest BCUT2D eigenvalue weighted by Gasteiger charge is 1.88. The Bertz CT molecular complexity index is 363. The van der Waals surface area contributed by atoms with Crippen molar-refractivity contribution in [3.8, 4) is 24.7 Å². The summed E-state index contributed by atoms with van der Waals surface area (Å²) in [7, 11) is 0. The standard InChI is InChI=1S/C9H5N.C2H4O2/c1-3-8-6-5-7-9(4-2)10-8;1-2(3)4/h1-2,5-7H;1H3,(H,3,4). The van der Waals surface area contributed by atoms with Crippen LogP contribution in [0.1, 0.15) is 18.3 Å². The van der Waals surface area contributed by atoms with Gasteiger partial charge in [0, 0.05) is 6.92 Å². The van der Waals surface area contributed by atoms with Crippen LogP contribution in [0.25, 0.3) is 0 Å². The number of aliphatic carboxylic acids is 1. The lowest BCUT2D eigenvalue weighted by atomic mass is 10.3. The van der Waals surface area contributed by atoms with E-state index in [9.17, 15) is 0 Å². The summed E-state index contributed by atoms with van der Waals surface area (Å²) in [5.41, 5.74) is 1.16. The average Bonchev–Trinajstić information content (AvgIpc) is 2.17. The monoisotopic (exact) mass is 187 g/mol. The normalized spacial score (nSPS) is 7.36. The number of hydrogen-bond donors (Lipinski definition) is 1. The molecule has 3 nitrogen and oxygen atoms in total. The largest absolute Gasteiger partial charge is 0.481 e. The molecule has 0 aliphatic carbocycles. The van der Waals surface area contributed by atoms with Gasteiger partial charge in [-0.3, -0.25) is 4.79 Å². The van der Waals surface area contributed by atoms with E-state index in [2.05, 4.69) is 16.8 Å². The van der Waals surface area contributed by atoms with Crippen LogP contribution in [-0.2, 0) is 4.79 Å². The van der Waals surface area contributed by atoms with Crippen molar-refractivity contribution >= 4 is 5.97 Å². The first-order valence-corrected chi connectivity index (χ1v) is 3.70. The predicted molar refractivity (Wildman–Crippen MR) is 53.4 cm³/mol. The van der Waals surface area contributed by atoms with Gasteiger partial charge in [-0.05, 0) is 12.1 Å². The Morgan fingerprint density at radius 3 is 2.00 bits per heavy atom. The highest BCUT2D eigenvalue weighted by Crippen LogP contribution is 1.94. The van der Waals surface area contributed by atoms with E-state index in [1.807, 2.05) is 0 Å². The summed E-state index contributed by atoms with van der Waals surface area (Å²) >= 11 is 0. The van der Waals surface area contributed by atoms with Crippen LogP contribution in [0.3, 0.4) is 0 Å². The third-order valence-electron chi connectivity index (χ3n) is 1.04. The van der Waals surface area contributed by atoms with Gasteiger partial charge in [0.1, 0.15) is 11.4 Å². The second-order valence-electron chi connectivity index (χ2n) is 2.22. The van der Waals surface area contributed by atoms with Crippen LogP contribution in [0.2, 0.25) is 0 Å². The Kier molecular flexibility index (Phi) is 5.26. The van der Waals surface area contributed by atoms with Crippen molar-refractivity contribution in [3.63, 3.8) is 0 Å². The predicted octanol–water partition coefficient (Wildman–Crippen LogP) is 1.14. The van der Waals surface area contributed by atoms with Crippen LogP contribution in [0.4, 0.5) is 0 Å². The highest BCUT2D eigenvalue weighted by atomic mass is 16.4. The first-order chi connectivity index (χ1) is 6.60. The molecule has 0 amide bonds. The molecule has 70 valence electrons. The van der Waals surface area contributed by atoms with Gasteiger partial charge in [0.2, 0.25) is 0 Å². The van der Waals surface area contributed by atoms with E-state index in [0.29, 0.717) is 11.4 Å². The summed E-state index contributed by atoms with van der Waals surface area (Å²) in [6, 6.07) is 5.26. The van der Waals surface area contributed by atoms with Crippen molar-refractivity contribution in [1.29, 1.82) is 0 Å². The minimum absolute atomic E-state index is 0.579. The van der Waals surface area contributed by atoms with Gasteiger partial charge < -0.3 is 5.11 Å². The zero-order valence-corrected chi connectivity index (χ0v) is 7.69. The summed E-state index contributed by atoms with van der Waals surface area (Å²) in [4.78, 5) is 12.9. The molecule has 0 bridgehead atoms. The number of hydrogen-bond acceptors (Lipinski definition) is 2. The SMILES string of the molecule is C#Cc1cccc(C#C)n1.CC(=O)O. The molecule has 1 N–H and O–H groups in total. The Labute approximate surface area is 82.8 Å². The molecular formula is C11H9NO2. The van der Waals surface area contributed by atoms with Gasteiger partial charge in [-0.15, -0.1) is 12.8 Å². The molecule has 14 heavy (non-hydrogen) atoms. The zero-order chi connectivity index (χ0) is 11.0. The maximum atomic E-state index is 9.00. The Morgan fingerprint density at radius 1 is 1.36 bits per heavy atom. The van der Waals surface area contributed by atoms with Gasteiger partial charge in [-0.1, -0.05) is 17.9 Å².